The summed E-state index contributed by atoms with van der Waals surface area (Å²) < 4.78 is 9.34. The van der Waals surface area contributed by atoms with Crippen LogP contribution in [0.1, 0.15) is 0 Å². The van der Waals surface area contributed by atoms with Crippen LogP contribution in [-0.2, 0) is 4.57 Å². The summed E-state index contributed by atoms with van der Waals surface area (Å²) in [5.41, 5.74) is 0. The summed E-state index contributed by atoms with van der Waals surface area (Å²) in [4.78, 5) is 0. The fourth-order valence-corrected chi connectivity index (χ4v) is 0. The Morgan fingerprint density at radius 3 is 2.25 bits per heavy atom. The van der Waals surface area contributed by atoms with E-state index >= 15 is 0 Å². The van der Waals surface area contributed by atoms with Gasteiger partial charge in [-0.25, -0.2) is 0 Å². The van der Waals surface area contributed by atoms with E-state index in [0.717, 1.165) is 0 Å². The third-order valence-corrected chi connectivity index (χ3v) is 0.982. The molecule has 1 atom stereocenters. The van der Waals surface area contributed by atoms with E-state index in [-0.39, 0.29) is 0 Å². The maximum Gasteiger partial charge on any atom is 0.0746 e. The molecule has 0 N–H and O–H groups in total. The van der Waals surface area contributed by atoms with Crippen LogP contribution in [0, 0.1) is 0 Å². The molecule has 0 saturated heterocycles. The third-order valence-electron chi connectivity index (χ3n) is 0.0630. The Morgan fingerprint density at radius 2 is 2.25 bits per heavy atom. The van der Waals surface area contributed by atoms with E-state index in [1.54, 1.807) is 0 Å². The maximum atomic E-state index is 9.34. The quantitative estimate of drug-likeness (QED) is 0.396. The third kappa shape index (κ3) is 2.71. The average Bonchev–Trinajstić information content (AvgIpc) is 1.37. The first-order valence-electron chi connectivity index (χ1n) is 0.911. The lowest BCUT2D eigenvalue weighted by atomic mass is 11.9. The largest absolute Gasteiger partial charge is 0.329 e. The molecule has 0 aliphatic heterocycles. The predicted octanol–water partition coefficient (Wildman–Crippen LogP) is 1.10. The molecule has 0 aliphatic rings. The minimum absolute atomic E-state index is 0.551. The van der Waals surface area contributed by atoms with Crippen molar-refractivity contribution >= 4 is 24.4 Å². The number of halogens is 1. The molecule has 4 heavy (non-hydrogen) atoms. The van der Waals surface area contributed by atoms with Gasteiger partial charge in [-0.3, -0.25) is 0 Å². The Bertz CT molecular complexity index is 22.0. The Hall–Kier alpha value is 0.710. The summed E-state index contributed by atoms with van der Waals surface area (Å²) in [6, 6.07) is 0. The van der Waals surface area contributed by atoms with Gasteiger partial charge in [0.15, 0.2) is 0 Å². The van der Waals surface area contributed by atoms with Gasteiger partial charge < -0.3 is 4.57 Å². The Morgan fingerprint density at radius 1 is 2.00 bits per heavy atom. The zero-order chi connectivity index (χ0) is 3.41. The summed E-state index contributed by atoms with van der Waals surface area (Å²) in [5.74, 6) is 0. The summed E-state index contributed by atoms with van der Waals surface area (Å²) in [6.45, 7) is 0. The van der Waals surface area contributed by atoms with E-state index in [4.69, 9.17) is 0 Å². The first kappa shape index (κ1) is 4.71. The van der Waals surface area contributed by atoms with Crippen LogP contribution in [0.3, 0.4) is 0 Å². The summed E-state index contributed by atoms with van der Waals surface area (Å²) in [5, 5.41) is 0.660. The van der Waals surface area contributed by atoms with Crippen molar-refractivity contribution in [2.24, 2.45) is 0 Å². The molecule has 3 heteroatoms. The van der Waals surface area contributed by atoms with Gasteiger partial charge in [-0.05, 0) is 0 Å². The van der Waals surface area contributed by atoms with Gasteiger partial charge in [0.2, 0.25) is 0 Å². The van der Waals surface area contributed by atoms with Gasteiger partial charge in [-0.1, -0.05) is 15.9 Å². The van der Waals surface area contributed by atoms with Crippen molar-refractivity contribution in [3.05, 3.63) is 0 Å². The Labute approximate surface area is 34.7 Å². The van der Waals surface area contributed by atoms with Crippen LogP contribution < -0.4 is 0 Å². The Balaban J connectivity index is 2.30. The van der Waals surface area contributed by atoms with Crippen molar-refractivity contribution in [1.82, 2.24) is 0 Å². The summed E-state index contributed by atoms with van der Waals surface area (Å²) >= 11 is 2.97. The molecule has 0 rings (SSSR count). The highest BCUT2D eigenvalue weighted by molar-refractivity contribution is 9.10. The number of hydrogen-bond acceptors (Lipinski definition) is 1. The zero-order valence-electron chi connectivity index (χ0n) is 2.07. The summed E-state index contributed by atoms with van der Waals surface area (Å²) in [6.07, 6.45) is 0. The first-order chi connectivity index (χ1) is 1.91. The van der Waals surface area contributed by atoms with Crippen molar-refractivity contribution in [3.63, 3.8) is 0 Å². The molecule has 0 spiro atoms. The molecule has 0 saturated carbocycles. The minimum atomic E-state index is -0.551. The van der Waals surface area contributed by atoms with Crippen molar-refractivity contribution in [1.29, 1.82) is 0 Å². The number of hydrogen-bond donors (Lipinski definition) is 0. The normalized spacial score (nSPS) is 10.2. The van der Waals surface area contributed by atoms with Crippen LogP contribution in [0.5, 0.6) is 0 Å². The zero-order valence-corrected chi connectivity index (χ0v) is 4.81. The highest BCUT2D eigenvalue weighted by atomic mass is 79.9. The van der Waals surface area contributed by atoms with Crippen LogP contribution >= 0.6 is 24.4 Å². The first-order valence-corrected chi connectivity index (χ1v) is 3.32. The molecule has 0 aromatic heterocycles. The highest BCUT2D eigenvalue weighted by Gasteiger charge is 1.52. The van der Waals surface area contributed by atoms with Gasteiger partial charge in [0.1, 0.15) is 0 Å². The number of alkyl halides is 1. The van der Waals surface area contributed by atoms with Crippen LogP contribution in [0.2, 0.25) is 0 Å². The van der Waals surface area contributed by atoms with E-state index in [1.807, 2.05) is 0 Å². The van der Waals surface area contributed by atoms with Crippen LogP contribution in [0.15, 0.2) is 0 Å². The Kier molecular flexibility index (Phi) is 4.37. The molecule has 0 aromatic carbocycles. The topological polar surface area (TPSA) is 17.1 Å². The van der Waals surface area contributed by atoms with Crippen LogP contribution in [0.4, 0.5) is 0 Å². The van der Waals surface area contributed by atoms with Gasteiger partial charge >= 0.3 is 0 Å². The number of rotatable bonds is 1. The van der Waals surface area contributed by atoms with E-state index in [2.05, 4.69) is 15.9 Å². The smallest absolute Gasteiger partial charge is 0.0746 e. The average molecular weight is 143 g/mol. The van der Waals surface area contributed by atoms with Gasteiger partial charge in [-0.15, -0.1) is 0 Å². The van der Waals surface area contributed by atoms with E-state index in [1.165, 1.54) is 0 Å². The van der Waals surface area contributed by atoms with Crippen molar-refractivity contribution in [2.45, 2.75) is 0 Å². The summed E-state index contributed by atoms with van der Waals surface area (Å²) in [7, 11) is -0.551. The SMILES string of the molecule is O=[PH2]CBr. The predicted molar refractivity (Wildman–Crippen MR) is 24.2 cm³/mol. The lowest BCUT2D eigenvalue weighted by molar-refractivity contribution is 0.601. The fraction of sp³-hybridized carbons (Fsp3) is 1.00. The second-order valence-electron chi connectivity index (χ2n) is 0.321. The lowest BCUT2D eigenvalue weighted by Gasteiger charge is -1.51. The molecule has 1 nitrogen and oxygen atoms in total. The fourth-order valence-electron chi connectivity index (χ4n) is 0. The monoisotopic (exact) mass is 142 g/mol. The van der Waals surface area contributed by atoms with Crippen LogP contribution in [0.25, 0.3) is 0 Å². The van der Waals surface area contributed by atoms with Gasteiger partial charge in [0.05, 0.1) is 13.5 Å². The van der Waals surface area contributed by atoms with Gasteiger partial charge in [-0.2, -0.15) is 0 Å². The molecular weight excluding hydrogens is 139 g/mol. The molecule has 0 bridgehead atoms. The van der Waals surface area contributed by atoms with E-state index < -0.39 is 8.46 Å². The minimum Gasteiger partial charge on any atom is -0.329 e. The maximum absolute atomic E-state index is 9.34. The van der Waals surface area contributed by atoms with Crippen LogP contribution in [-0.4, -0.2) is 5.07 Å². The molecule has 1 unspecified atom stereocenters. The van der Waals surface area contributed by atoms with Crippen molar-refractivity contribution < 1.29 is 4.57 Å². The molecule has 0 radical (unpaired) electrons. The molecule has 0 aromatic rings. The van der Waals surface area contributed by atoms with E-state index in [0.29, 0.717) is 5.07 Å². The lowest BCUT2D eigenvalue weighted by Crippen LogP contribution is -1.27. The van der Waals surface area contributed by atoms with Crippen molar-refractivity contribution in [3.8, 4) is 0 Å². The van der Waals surface area contributed by atoms with E-state index in [9.17, 15) is 4.57 Å². The molecule has 0 amide bonds. The second-order valence-corrected chi connectivity index (χ2v) is 2.91. The highest BCUT2D eigenvalue weighted by Crippen LogP contribution is 1.93. The standard InChI is InChI=1S/CH4BrOP/c2-1-4-3/h1,4H2. The molecule has 0 fully saturated rings. The molecule has 0 heterocycles. The van der Waals surface area contributed by atoms with Gasteiger partial charge in [0.25, 0.3) is 0 Å². The molecular formula is CH4BrOP. The molecule has 26 valence electrons. The van der Waals surface area contributed by atoms with Gasteiger partial charge in [0, 0.05) is 0 Å². The second kappa shape index (κ2) is 3.71. The molecule has 0 aliphatic carbocycles. The van der Waals surface area contributed by atoms with Crippen molar-refractivity contribution in [2.75, 3.05) is 5.07 Å².